The minimum Gasteiger partial charge on any atom is -0.371 e. The first kappa shape index (κ1) is 20.1. The predicted octanol–water partition coefficient (Wildman–Crippen LogP) is 2.48. The summed E-state index contributed by atoms with van der Waals surface area (Å²) in [5.41, 5.74) is 0.115. The molecule has 9 heteroatoms. The zero-order valence-electron chi connectivity index (χ0n) is 17.1. The minimum atomic E-state index is -0.870. The van der Waals surface area contributed by atoms with Crippen LogP contribution in [0.5, 0.6) is 0 Å². The Kier molecular flexibility index (Phi) is 5.27. The molecule has 2 aliphatic rings. The van der Waals surface area contributed by atoms with Crippen molar-refractivity contribution >= 4 is 23.7 Å². The van der Waals surface area contributed by atoms with Crippen LogP contribution in [0.1, 0.15) is 25.3 Å². The van der Waals surface area contributed by atoms with Crippen molar-refractivity contribution in [3.63, 3.8) is 0 Å². The third-order valence-electron chi connectivity index (χ3n) is 5.96. The molecule has 0 unspecified atom stereocenters. The van der Waals surface area contributed by atoms with Crippen LogP contribution in [-0.2, 0) is 11.3 Å². The van der Waals surface area contributed by atoms with Gasteiger partial charge in [-0.3, -0.25) is 9.69 Å². The summed E-state index contributed by atoms with van der Waals surface area (Å²) in [5.74, 6) is -0.106. The second-order valence-electron chi connectivity index (χ2n) is 7.54. The molecule has 3 heterocycles. The molecule has 1 aromatic carbocycles. The summed E-state index contributed by atoms with van der Waals surface area (Å²) in [7, 11) is 1.60. The van der Waals surface area contributed by atoms with Crippen LogP contribution in [0.2, 0.25) is 0 Å². The average molecular weight is 412 g/mol. The fraction of sp³-hybridized carbons (Fsp3) is 0.429. The van der Waals surface area contributed by atoms with Gasteiger partial charge >= 0.3 is 6.03 Å². The van der Waals surface area contributed by atoms with E-state index >= 15 is 0 Å². The van der Waals surface area contributed by atoms with Gasteiger partial charge in [0.05, 0.1) is 6.20 Å². The number of carbonyl (C=O) groups excluding carboxylic acids is 2. The molecule has 30 heavy (non-hydrogen) atoms. The van der Waals surface area contributed by atoms with Gasteiger partial charge in [-0.15, -0.1) is 0 Å². The molecule has 1 aromatic heterocycles. The number of halogens is 1. The van der Waals surface area contributed by atoms with Crippen molar-refractivity contribution < 1.29 is 14.0 Å². The van der Waals surface area contributed by atoms with Gasteiger partial charge in [0.2, 0.25) is 5.95 Å². The van der Waals surface area contributed by atoms with Crippen LogP contribution < -0.4 is 10.2 Å². The number of piperidine rings is 1. The third kappa shape index (κ3) is 3.24. The molecule has 2 aliphatic heterocycles. The fourth-order valence-electron chi connectivity index (χ4n) is 4.29. The number of anilines is 2. The van der Waals surface area contributed by atoms with Crippen molar-refractivity contribution in [1.29, 1.82) is 0 Å². The van der Waals surface area contributed by atoms with E-state index in [0.717, 1.165) is 11.8 Å². The monoisotopic (exact) mass is 412 g/mol. The van der Waals surface area contributed by atoms with E-state index in [-0.39, 0.29) is 17.8 Å². The number of likely N-dealkylation sites (N-methyl/N-ethyl adjacent to an activating group) is 1. The number of aromatic nitrogens is 2. The number of rotatable bonds is 5. The smallest absolute Gasteiger partial charge is 0.327 e. The summed E-state index contributed by atoms with van der Waals surface area (Å²) in [4.78, 5) is 39.6. The summed E-state index contributed by atoms with van der Waals surface area (Å²) in [6.45, 7) is 3.55. The normalized spacial score (nSPS) is 18.4. The summed E-state index contributed by atoms with van der Waals surface area (Å²) >= 11 is 0. The van der Waals surface area contributed by atoms with Crippen LogP contribution >= 0.6 is 0 Å². The lowest BCUT2D eigenvalue weighted by molar-refractivity contribution is -0.134. The van der Waals surface area contributed by atoms with Crippen molar-refractivity contribution in [1.82, 2.24) is 19.8 Å². The van der Waals surface area contributed by atoms with Gasteiger partial charge in [0, 0.05) is 33.2 Å². The van der Waals surface area contributed by atoms with E-state index in [1.807, 2.05) is 42.2 Å². The lowest BCUT2D eigenvalue weighted by Gasteiger charge is -2.42. The first-order chi connectivity index (χ1) is 14.5. The van der Waals surface area contributed by atoms with E-state index in [0.29, 0.717) is 45.0 Å². The highest BCUT2D eigenvalue weighted by Crippen LogP contribution is 2.39. The Hall–Kier alpha value is -3.23. The van der Waals surface area contributed by atoms with Gasteiger partial charge in [-0.25, -0.2) is 14.2 Å². The number of nitrogens with zero attached hydrogens (tertiary/aromatic N) is 5. The maximum atomic E-state index is 13.7. The van der Waals surface area contributed by atoms with Crippen LogP contribution in [0.25, 0.3) is 0 Å². The van der Waals surface area contributed by atoms with Gasteiger partial charge in [0.15, 0.2) is 11.6 Å². The van der Waals surface area contributed by atoms with Gasteiger partial charge < -0.3 is 15.1 Å². The van der Waals surface area contributed by atoms with E-state index in [9.17, 15) is 14.0 Å². The van der Waals surface area contributed by atoms with Gasteiger partial charge in [-0.1, -0.05) is 30.3 Å². The SMILES string of the molecule is CCN1C(=O)N(Cc2ccccc2)C2(CCN(c3ncc(F)c(NC)n3)CC2)C1=O. The van der Waals surface area contributed by atoms with Crippen LogP contribution in [-0.4, -0.2) is 63.9 Å². The fourth-order valence-corrected chi connectivity index (χ4v) is 4.29. The van der Waals surface area contributed by atoms with Crippen LogP contribution in [0.15, 0.2) is 36.5 Å². The molecule has 0 atom stereocenters. The number of carbonyl (C=O) groups is 2. The predicted molar refractivity (Wildman–Crippen MR) is 110 cm³/mol. The van der Waals surface area contributed by atoms with E-state index in [1.165, 1.54) is 4.90 Å². The van der Waals surface area contributed by atoms with Gasteiger partial charge in [-0.2, -0.15) is 4.98 Å². The summed E-state index contributed by atoms with van der Waals surface area (Å²) < 4.78 is 13.7. The highest BCUT2D eigenvalue weighted by atomic mass is 19.1. The number of nitrogens with one attached hydrogen (secondary N) is 1. The molecule has 2 fully saturated rings. The number of urea groups is 1. The average Bonchev–Trinajstić information content (AvgIpc) is 2.96. The lowest BCUT2D eigenvalue weighted by Crippen LogP contribution is -2.56. The highest BCUT2D eigenvalue weighted by molar-refractivity contribution is 6.07. The summed E-state index contributed by atoms with van der Waals surface area (Å²) in [6.07, 6.45) is 2.08. The van der Waals surface area contributed by atoms with Crippen molar-refractivity contribution in [3.8, 4) is 0 Å². The van der Waals surface area contributed by atoms with Crippen LogP contribution in [0.4, 0.5) is 21.0 Å². The molecule has 1 spiro atoms. The number of amides is 3. The van der Waals surface area contributed by atoms with Crippen molar-refractivity contribution in [3.05, 3.63) is 47.9 Å². The Morgan fingerprint density at radius 2 is 1.87 bits per heavy atom. The molecule has 0 radical (unpaired) electrons. The zero-order valence-corrected chi connectivity index (χ0v) is 17.1. The van der Waals surface area contributed by atoms with Crippen molar-refractivity contribution in [2.45, 2.75) is 31.8 Å². The molecule has 2 saturated heterocycles. The molecule has 0 bridgehead atoms. The van der Waals surface area contributed by atoms with Gasteiger partial charge in [-0.05, 0) is 25.3 Å². The summed E-state index contributed by atoms with van der Waals surface area (Å²) in [6, 6.07) is 9.46. The Morgan fingerprint density at radius 3 is 2.50 bits per heavy atom. The second kappa shape index (κ2) is 7.89. The molecule has 3 amide bonds. The minimum absolute atomic E-state index is 0.135. The highest BCUT2D eigenvalue weighted by Gasteiger charge is 2.57. The first-order valence-electron chi connectivity index (χ1n) is 10.1. The van der Waals surface area contributed by atoms with E-state index < -0.39 is 11.4 Å². The summed E-state index contributed by atoms with van der Waals surface area (Å²) in [5, 5.41) is 2.72. The molecule has 0 aliphatic carbocycles. The maximum absolute atomic E-state index is 13.7. The molecule has 158 valence electrons. The first-order valence-corrected chi connectivity index (χ1v) is 10.1. The Bertz CT molecular complexity index is 946. The van der Waals surface area contributed by atoms with E-state index in [4.69, 9.17) is 0 Å². The Balaban J connectivity index is 1.59. The molecule has 8 nitrogen and oxygen atoms in total. The van der Waals surface area contributed by atoms with Gasteiger partial charge in [0.1, 0.15) is 5.54 Å². The molecular weight excluding hydrogens is 387 g/mol. The zero-order chi connectivity index (χ0) is 21.3. The van der Waals surface area contributed by atoms with E-state index in [1.54, 1.807) is 11.9 Å². The molecule has 1 N–H and O–H groups in total. The van der Waals surface area contributed by atoms with Crippen LogP contribution in [0.3, 0.4) is 0 Å². The standard InChI is InChI=1S/C21H25FN6O2/c1-3-27-18(29)21(28(20(27)30)14-15-7-5-4-6-8-15)9-11-26(12-10-21)19-24-13-16(22)17(23-2)25-19/h4-8,13H,3,9-12,14H2,1-2H3,(H,23,24,25). The number of hydrogen-bond acceptors (Lipinski definition) is 6. The number of benzene rings is 1. The third-order valence-corrected chi connectivity index (χ3v) is 5.96. The maximum Gasteiger partial charge on any atom is 0.327 e. The Morgan fingerprint density at radius 1 is 1.17 bits per heavy atom. The quantitative estimate of drug-likeness (QED) is 0.760. The van der Waals surface area contributed by atoms with Crippen LogP contribution in [0, 0.1) is 5.82 Å². The van der Waals surface area contributed by atoms with Crippen molar-refractivity contribution in [2.75, 3.05) is 36.9 Å². The molecule has 2 aromatic rings. The largest absolute Gasteiger partial charge is 0.371 e. The number of imide groups is 1. The van der Waals surface area contributed by atoms with Crippen molar-refractivity contribution in [2.24, 2.45) is 0 Å². The molecule has 0 saturated carbocycles. The Labute approximate surface area is 174 Å². The molecule has 4 rings (SSSR count). The topological polar surface area (TPSA) is 81.7 Å². The van der Waals surface area contributed by atoms with E-state index in [2.05, 4.69) is 15.3 Å². The molecular formula is C21H25FN6O2. The number of hydrogen-bond donors (Lipinski definition) is 1. The van der Waals surface area contributed by atoms with Gasteiger partial charge in [0.25, 0.3) is 5.91 Å². The second-order valence-corrected chi connectivity index (χ2v) is 7.54. The lowest BCUT2D eigenvalue weighted by atomic mass is 9.85.